The van der Waals surface area contributed by atoms with Crippen LogP contribution in [0, 0.1) is 5.92 Å². The number of hydrogen-bond acceptors (Lipinski definition) is 8. The lowest BCUT2D eigenvalue weighted by atomic mass is 9.71. The van der Waals surface area contributed by atoms with Crippen LogP contribution in [-0.4, -0.2) is 53.5 Å². The molecule has 0 unspecified atom stereocenters. The van der Waals surface area contributed by atoms with E-state index in [0.717, 1.165) is 28.7 Å². The van der Waals surface area contributed by atoms with Gasteiger partial charge < -0.3 is 28.4 Å². The minimum absolute atomic E-state index is 0.156. The highest BCUT2D eigenvalue weighted by atomic mass is 16.7. The van der Waals surface area contributed by atoms with E-state index in [0.29, 0.717) is 35.3 Å². The fourth-order valence-corrected chi connectivity index (χ4v) is 4.58. The van der Waals surface area contributed by atoms with Crippen LogP contribution in [0.5, 0.6) is 28.7 Å². The summed E-state index contributed by atoms with van der Waals surface area (Å²) in [5.74, 6) is 1.41. The van der Waals surface area contributed by atoms with Gasteiger partial charge in [-0.05, 0) is 65.9 Å². The Labute approximate surface area is 205 Å². The molecule has 1 aliphatic heterocycles. The molecule has 8 heteroatoms. The van der Waals surface area contributed by atoms with Gasteiger partial charge >= 0.3 is 5.97 Å². The predicted octanol–water partition coefficient (Wildman–Crippen LogP) is 4.63. The van der Waals surface area contributed by atoms with Crippen LogP contribution in [-0.2, 0) is 9.53 Å². The third-order valence-corrected chi connectivity index (χ3v) is 6.11. The Morgan fingerprint density at radius 2 is 1.71 bits per heavy atom. The number of fused-ring (bicyclic) bond motifs is 2. The molecular weight excluding hydrogens is 450 g/mol. The fraction of sp³-hybridized carbons (Fsp3) is 0.407. The molecule has 2 atom stereocenters. The number of nitrogens with zero attached hydrogens (tertiary/aromatic N) is 1. The maximum atomic E-state index is 13.4. The molecule has 0 N–H and O–H groups in total. The molecule has 0 saturated heterocycles. The van der Waals surface area contributed by atoms with Crippen molar-refractivity contribution in [2.75, 3.05) is 41.3 Å². The van der Waals surface area contributed by atoms with E-state index < -0.39 is 11.8 Å². The van der Waals surface area contributed by atoms with Gasteiger partial charge in [0.25, 0.3) is 0 Å². The summed E-state index contributed by atoms with van der Waals surface area (Å²) < 4.78 is 33.6. The van der Waals surface area contributed by atoms with E-state index in [1.54, 1.807) is 34.5 Å². The van der Waals surface area contributed by atoms with Crippen molar-refractivity contribution < 1.29 is 33.2 Å². The Balaban J connectivity index is 1.97. The Kier molecular flexibility index (Phi) is 7.48. The molecule has 0 saturated carbocycles. The molecule has 0 bridgehead atoms. The summed E-state index contributed by atoms with van der Waals surface area (Å²) in [6.45, 7) is 4.95. The molecule has 1 aliphatic carbocycles. The molecule has 0 amide bonds. The van der Waals surface area contributed by atoms with Crippen molar-refractivity contribution in [3.8, 4) is 28.7 Å². The molecule has 8 nitrogen and oxygen atoms in total. The number of methoxy groups -OCH3 is 3. The molecule has 4 rings (SSSR count). The molecule has 2 aromatic carbocycles. The van der Waals surface area contributed by atoms with Crippen LogP contribution in [0.3, 0.4) is 0 Å². The van der Waals surface area contributed by atoms with E-state index in [-0.39, 0.29) is 19.4 Å². The lowest BCUT2D eigenvalue weighted by Crippen LogP contribution is -2.30. The predicted molar refractivity (Wildman–Crippen MR) is 132 cm³/mol. The number of aliphatic imine (C=N–C) groups is 1. The Morgan fingerprint density at radius 1 is 1.03 bits per heavy atom. The lowest BCUT2D eigenvalue weighted by Gasteiger charge is -2.33. The number of esters is 1. The summed E-state index contributed by atoms with van der Waals surface area (Å²) in [5.41, 5.74) is 3.41. The summed E-state index contributed by atoms with van der Waals surface area (Å²) in [7, 11) is 4.70. The molecule has 0 spiro atoms. The van der Waals surface area contributed by atoms with Crippen LogP contribution in [0.1, 0.15) is 42.9 Å². The van der Waals surface area contributed by atoms with Crippen molar-refractivity contribution in [2.24, 2.45) is 10.9 Å². The van der Waals surface area contributed by atoms with Crippen molar-refractivity contribution >= 4 is 18.3 Å². The van der Waals surface area contributed by atoms with E-state index in [1.165, 1.54) is 0 Å². The molecule has 2 aliphatic rings. The SMILES string of the molecule is CCCN=CC1=Cc2cc3c(cc2[C@@H](c2cc(OC)c(OC)c(OC)c2)[C@@H]1C(=O)OCC)OCO3. The normalized spacial score (nSPS) is 18.1. The quantitative estimate of drug-likeness (QED) is 0.381. The van der Waals surface area contributed by atoms with E-state index in [4.69, 9.17) is 28.4 Å². The molecule has 35 heavy (non-hydrogen) atoms. The number of benzene rings is 2. The second-order valence-electron chi connectivity index (χ2n) is 8.18. The number of carbonyl (C=O) groups excluding carboxylic acids is 1. The van der Waals surface area contributed by atoms with Gasteiger partial charge in [0.1, 0.15) is 0 Å². The van der Waals surface area contributed by atoms with Crippen molar-refractivity contribution in [3.05, 3.63) is 46.5 Å². The maximum Gasteiger partial charge on any atom is 0.314 e. The largest absolute Gasteiger partial charge is 0.493 e. The highest BCUT2D eigenvalue weighted by Crippen LogP contribution is 2.50. The van der Waals surface area contributed by atoms with Gasteiger partial charge in [-0.15, -0.1) is 0 Å². The second kappa shape index (κ2) is 10.7. The smallest absolute Gasteiger partial charge is 0.314 e. The van der Waals surface area contributed by atoms with Crippen LogP contribution in [0.4, 0.5) is 0 Å². The Morgan fingerprint density at radius 3 is 2.31 bits per heavy atom. The first-order valence-electron chi connectivity index (χ1n) is 11.7. The van der Waals surface area contributed by atoms with Gasteiger partial charge in [-0.2, -0.15) is 0 Å². The summed E-state index contributed by atoms with van der Waals surface area (Å²) in [6, 6.07) is 7.63. The zero-order valence-corrected chi connectivity index (χ0v) is 20.8. The number of ether oxygens (including phenoxy) is 6. The van der Waals surface area contributed by atoms with Gasteiger partial charge in [-0.25, -0.2) is 0 Å². The second-order valence-corrected chi connectivity index (χ2v) is 8.18. The first-order chi connectivity index (χ1) is 17.1. The van der Waals surface area contributed by atoms with Crippen LogP contribution in [0.25, 0.3) is 6.08 Å². The molecule has 0 fully saturated rings. The van der Waals surface area contributed by atoms with Crippen molar-refractivity contribution in [1.29, 1.82) is 0 Å². The van der Waals surface area contributed by atoms with Crippen LogP contribution in [0.2, 0.25) is 0 Å². The monoisotopic (exact) mass is 481 g/mol. The van der Waals surface area contributed by atoms with Gasteiger partial charge in [0.05, 0.1) is 33.9 Å². The summed E-state index contributed by atoms with van der Waals surface area (Å²) in [6.07, 6.45) is 4.66. The molecule has 0 aromatic heterocycles. The van der Waals surface area contributed by atoms with Gasteiger partial charge in [0, 0.05) is 18.7 Å². The van der Waals surface area contributed by atoms with Gasteiger partial charge in [-0.3, -0.25) is 9.79 Å². The molecule has 0 radical (unpaired) electrons. The zero-order valence-electron chi connectivity index (χ0n) is 20.8. The summed E-state index contributed by atoms with van der Waals surface area (Å²) in [4.78, 5) is 18.0. The standard InChI is InChI=1S/C27H31NO7/c1-6-8-28-14-18-9-16-10-20-21(35-15-34-20)13-19(16)24(25(18)27(29)33-7-2)17-11-22(30-3)26(32-5)23(12-17)31-4/h9-14,24-25H,6-8,15H2,1-5H3/t24-,25-/m1/s1. The molecule has 1 heterocycles. The third kappa shape index (κ3) is 4.65. The highest BCUT2D eigenvalue weighted by molar-refractivity contribution is 5.97. The average Bonchev–Trinajstić information content (AvgIpc) is 3.33. The minimum Gasteiger partial charge on any atom is -0.493 e. The summed E-state index contributed by atoms with van der Waals surface area (Å²) >= 11 is 0. The van der Waals surface area contributed by atoms with E-state index in [2.05, 4.69) is 11.9 Å². The molecule has 2 aromatic rings. The number of rotatable bonds is 9. The van der Waals surface area contributed by atoms with E-state index in [1.807, 2.05) is 30.3 Å². The lowest BCUT2D eigenvalue weighted by molar-refractivity contribution is -0.146. The average molecular weight is 482 g/mol. The van der Waals surface area contributed by atoms with Crippen molar-refractivity contribution in [2.45, 2.75) is 26.2 Å². The maximum absolute atomic E-state index is 13.4. The third-order valence-electron chi connectivity index (χ3n) is 6.11. The van der Waals surface area contributed by atoms with Crippen LogP contribution < -0.4 is 23.7 Å². The van der Waals surface area contributed by atoms with Crippen LogP contribution >= 0.6 is 0 Å². The first-order valence-corrected chi connectivity index (χ1v) is 11.7. The highest BCUT2D eigenvalue weighted by Gasteiger charge is 2.40. The number of hydrogen-bond donors (Lipinski definition) is 0. The fourth-order valence-electron chi connectivity index (χ4n) is 4.58. The topological polar surface area (TPSA) is 84.8 Å². The van der Waals surface area contributed by atoms with E-state index in [9.17, 15) is 4.79 Å². The van der Waals surface area contributed by atoms with Gasteiger partial charge in [0.2, 0.25) is 12.5 Å². The van der Waals surface area contributed by atoms with Gasteiger partial charge in [0.15, 0.2) is 23.0 Å². The Bertz CT molecular complexity index is 1130. The molecule has 186 valence electrons. The van der Waals surface area contributed by atoms with Crippen molar-refractivity contribution in [1.82, 2.24) is 0 Å². The first kappa shape index (κ1) is 24.4. The van der Waals surface area contributed by atoms with E-state index >= 15 is 0 Å². The van der Waals surface area contributed by atoms with Crippen molar-refractivity contribution in [3.63, 3.8) is 0 Å². The summed E-state index contributed by atoms with van der Waals surface area (Å²) in [5, 5.41) is 0. The Hall–Kier alpha value is -3.68. The van der Waals surface area contributed by atoms with Gasteiger partial charge in [-0.1, -0.05) is 6.92 Å². The van der Waals surface area contributed by atoms with Crippen LogP contribution in [0.15, 0.2) is 34.8 Å². The molecular formula is C27H31NO7. The zero-order chi connectivity index (χ0) is 24.9. The minimum atomic E-state index is -0.633. The number of carbonyl (C=O) groups is 1.